The summed E-state index contributed by atoms with van der Waals surface area (Å²) in [6, 6.07) is 8.78. The number of nitrogens with zero attached hydrogens (tertiary/aromatic N) is 1. The Kier molecular flexibility index (Phi) is 6.86. The van der Waals surface area contributed by atoms with E-state index in [4.69, 9.17) is 14.2 Å². The molecule has 6 nitrogen and oxygen atoms in total. The number of carbonyl (C=O) groups excluding carboxylic acids is 1. The molecule has 1 atom stereocenters. The Morgan fingerprint density at radius 3 is 2.69 bits per heavy atom. The van der Waals surface area contributed by atoms with Gasteiger partial charge >= 0.3 is 0 Å². The third-order valence-corrected chi connectivity index (χ3v) is 6.10. The molecule has 1 heterocycles. The van der Waals surface area contributed by atoms with Crippen molar-refractivity contribution in [2.75, 3.05) is 13.2 Å². The summed E-state index contributed by atoms with van der Waals surface area (Å²) >= 11 is 1.07. The van der Waals surface area contributed by atoms with E-state index >= 15 is 0 Å². The maximum absolute atomic E-state index is 14.9. The minimum absolute atomic E-state index is 0.0278. The summed E-state index contributed by atoms with van der Waals surface area (Å²) in [4.78, 5) is 15.3. The highest BCUT2D eigenvalue weighted by Gasteiger charge is 2.31. The number of fused-ring (bicyclic) bond motifs is 1. The van der Waals surface area contributed by atoms with Crippen molar-refractivity contribution in [3.05, 3.63) is 48.0 Å². The van der Waals surface area contributed by atoms with Gasteiger partial charge in [-0.25, -0.2) is 13.8 Å². The van der Waals surface area contributed by atoms with Gasteiger partial charge in [-0.05, 0) is 62.1 Å². The maximum Gasteiger partial charge on any atom is 0.279 e. The largest absolute Gasteiger partial charge is 0.490 e. The molecule has 0 saturated heterocycles. The summed E-state index contributed by atoms with van der Waals surface area (Å²) < 4.78 is 45.4. The lowest BCUT2D eigenvalue weighted by Gasteiger charge is -2.35. The van der Waals surface area contributed by atoms with Crippen LogP contribution >= 0.6 is 11.3 Å². The van der Waals surface area contributed by atoms with Gasteiger partial charge in [-0.2, -0.15) is 0 Å². The van der Waals surface area contributed by atoms with Crippen LogP contribution in [0.25, 0.3) is 10.2 Å². The molecule has 9 heteroatoms. The molecular weight excluding hydrogens is 438 g/mol. The van der Waals surface area contributed by atoms with E-state index in [1.807, 2.05) is 6.92 Å². The standard InChI is InChI=1S/C23H24F2N2O4S/c1-13(26-14(2)28)11-29-18-9-15(10-18)12-30-20-8-7-19-22(21(20)25)32-23(27-19)31-17-5-3-16(24)4-6-17/h3-8,13,15,18H,9-12H2,1-2H3,(H,26,28)/t13-,15?,18?/m0/s1. The summed E-state index contributed by atoms with van der Waals surface area (Å²) in [6.07, 6.45) is 1.82. The van der Waals surface area contributed by atoms with Gasteiger partial charge < -0.3 is 19.5 Å². The van der Waals surface area contributed by atoms with E-state index in [1.165, 1.54) is 31.2 Å². The van der Waals surface area contributed by atoms with Crippen molar-refractivity contribution in [3.63, 3.8) is 0 Å². The number of thiazole rings is 1. The molecular formula is C23H24F2N2O4S. The number of ether oxygens (including phenoxy) is 3. The number of benzene rings is 2. The Labute approximate surface area is 188 Å². The second-order valence-corrected chi connectivity index (χ2v) is 8.93. The number of nitrogens with one attached hydrogen (secondary N) is 1. The lowest BCUT2D eigenvalue weighted by atomic mass is 9.83. The van der Waals surface area contributed by atoms with Gasteiger partial charge in [0.1, 0.15) is 11.6 Å². The van der Waals surface area contributed by atoms with Crippen LogP contribution in [0.1, 0.15) is 26.7 Å². The molecule has 0 aliphatic heterocycles. The molecule has 32 heavy (non-hydrogen) atoms. The molecule has 0 radical (unpaired) electrons. The van der Waals surface area contributed by atoms with Crippen LogP contribution in [0.3, 0.4) is 0 Å². The summed E-state index contributed by atoms with van der Waals surface area (Å²) in [5, 5.41) is 3.06. The Hall–Kier alpha value is -2.78. The third kappa shape index (κ3) is 5.52. The van der Waals surface area contributed by atoms with Gasteiger partial charge in [0.25, 0.3) is 5.19 Å². The van der Waals surface area contributed by atoms with Crippen LogP contribution in [0.2, 0.25) is 0 Å². The first-order valence-electron chi connectivity index (χ1n) is 10.4. The molecule has 1 aromatic heterocycles. The highest BCUT2D eigenvalue weighted by Crippen LogP contribution is 2.37. The number of carbonyl (C=O) groups is 1. The highest BCUT2D eigenvalue weighted by atomic mass is 32.1. The normalized spacial score (nSPS) is 18.8. The molecule has 0 unspecified atom stereocenters. The van der Waals surface area contributed by atoms with Crippen molar-refractivity contribution >= 4 is 27.5 Å². The molecule has 1 amide bonds. The second kappa shape index (κ2) is 9.79. The van der Waals surface area contributed by atoms with Gasteiger partial charge in [0.2, 0.25) is 5.91 Å². The number of rotatable bonds is 9. The van der Waals surface area contributed by atoms with E-state index in [1.54, 1.807) is 12.1 Å². The van der Waals surface area contributed by atoms with E-state index in [9.17, 15) is 13.6 Å². The van der Waals surface area contributed by atoms with Crippen molar-refractivity contribution in [2.45, 2.75) is 38.8 Å². The maximum atomic E-state index is 14.9. The molecule has 0 bridgehead atoms. The van der Waals surface area contributed by atoms with Crippen molar-refractivity contribution in [2.24, 2.45) is 5.92 Å². The fraction of sp³-hybridized carbons (Fsp3) is 0.391. The van der Waals surface area contributed by atoms with Gasteiger partial charge in [0, 0.05) is 13.0 Å². The first-order chi connectivity index (χ1) is 15.4. The SMILES string of the molecule is CC(=O)N[C@@H](C)COC1CC(COc2ccc3nc(Oc4ccc(F)cc4)sc3c2F)C1. The first kappa shape index (κ1) is 22.4. The molecule has 2 aromatic carbocycles. The molecule has 0 spiro atoms. The molecule has 1 fully saturated rings. The zero-order valence-corrected chi connectivity index (χ0v) is 18.6. The first-order valence-corrected chi connectivity index (χ1v) is 11.2. The van der Waals surface area contributed by atoms with Crippen LogP contribution in [0.4, 0.5) is 8.78 Å². The minimum atomic E-state index is -0.467. The molecule has 1 saturated carbocycles. The van der Waals surface area contributed by atoms with Crippen LogP contribution in [0.5, 0.6) is 16.7 Å². The van der Waals surface area contributed by atoms with Gasteiger partial charge in [-0.1, -0.05) is 11.3 Å². The lowest BCUT2D eigenvalue weighted by Crippen LogP contribution is -2.40. The quantitative estimate of drug-likeness (QED) is 0.481. The fourth-order valence-electron chi connectivity index (χ4n) is 3.50. The van der Waals surface area contributed by atoms with Crippen molar-refractivity contribution in [3.8, 4) is 16.7 Å². The van der Waals surface area contributed by atoms with Crippen LogP contribution in [-0.4, -0.2) is 36.3 Å². The smallest absolute Gasteiger partial charge is 0.279 e. The van der Waals surface area contributed by atoms with Gasteiger partial charge in [0.15, 0.2) is 11.6 Å². The predicted molar refractivity (Wildman–Crippen MR) is 117 cm³/mol. The van der Waals surface area contributed by atoms with Crippen molar-refractivity contribution < 1.29 is 27.8 Å². The van der Waals surface area contributed by atoms with Crippen LogP contribution in [-0.2, 0) is 9.53 Å². The fourth-order valence-corrected chi connectivity index (χ4v) is 4.37. The van der Waals surface area contributed by atoms with Crippen molar-refractivity contribution in [1.29, 1.82) is 0 Å². The van der Waals surface area contributed by atoms with E-state index < -0.39 is 5.82 Å². The van der Waals surface area contributed by atoms with Gasteiger partial charge in [-0.3, -0.25) is 4.79 Å². The van der Waals surface area contributed by atoms with Crippen LogP contribution in [0, 0.1) is 17.6 Å². The van der Waals surface area contributed by atoms with E-state index in [0.717, 1.165) is 24.2 Å². The van der Waals surface area contributed by atoms with Crippen molar-refractivity contribution in [1.82, 2.24) is 10.3 Å². The molecule has 4 rings (SSSR count). The molecule has 1 N–H and O–H groups in total. The van der Waals surface area contributed by atoms with E-state index in [-0.39, 0.29) is 34.8 Å². The Morgan fingerprint density at radius 1 is 1.22 bits per heavy atom. The predicted octanol–water partition coefficient (Wildman–Crippen LogP) is 5.07. The topological polar surface area (TPSA) is 69.7 Å². The molecule has 1 aliphatic rings. The minimum Gasteiger partial charge on any atom is -0.490 e. The second-order valence-electron chi connectivity index (χ2n) is 7.97. The molecule has 1 aliphatic carbocycles. The van der Waals surface area contributed by atoms with Gasteiger partial charge in [-0.15, -0.1) is 0 Å². The number of hydrogen-bond acceptors (Lipinski definition) is 6. The summed E-state index contributed by atoms with van der Waals surface area (Å²) in [5.74, 6) is -0.00246. The summed E-state index contributed by atoms with van der Waals surface area (Å²) in [6.45, 7) is 4.25. The Bertz CT molecular complexity index is 1080. The van der Waals surface area contributed by atoms with Crippen LogP contribution in [0.15, 0.2) is 36.4 Å². The molecule has 170 valence electrons. The zero-order valence-electron chi connectivity index (χ0n) is 17.8. The van der Waals surface area contributed by atoms with E-state index in [2.05, 4.69) is 10.3 Å². The highest BCUT2D eigenvalue weighted by molar-refractivity contribution is 7.20. The molecule has 3 aromatic rings. The van der Waals surface area contributed by atoms with Gasteiger partial charge in [0.05, 0.1) is 29.5 Å². The lowest BCUT2D eigenvalue weighted by molar-refractivity contribution is -0.120. The average molecular weight is 463 g/mol. The Balaban J connectivity index is 1.28. The number of aromatic nitrogens is 1. The summed E-state index contributed by atoms with van der Waals surface area (Å²) in [7, 11) is 0. The third-order valence-electron chi connectivity index (χ3n) is 5.16. The Morgan fingerprint density at radius 2 is 1.97 bits per heavy atom. The average Bonchev–Trinajstić information content (AvgIpc) is 3.12. The number of hydrogen-bond donors (Lipinski definition) is 1. The number of amides is 1. The number of halogens is 2. The monoisotopic (exact) mass is 462 g/mol. The van der Waals surface area contributed by atoms with E-state index in [0.29, 0.717) is 35.1 Å². The van der Waals surface area contributed by atoms with Crippen LogP contribution < -0.4 is 14.8 Å². The summed E-state index contributed by atoms with van der Waals surface area (Å²) in [5.41, 5.74) is 0.474. The zero-order chi connectivity index (χ0) is 22.7.